The van der Waals surface area contributed by atoms with Crippen molar-refractivity contribution in [3.05, 3.63) is 59.5 Å². The maximum absolute atomic E-state index is 13.4. The predicted molar refractivity (Wildman–Crippen MR) is 88.4 cm³/mol. The summed E-state index contributed by atoms with van der Waals surface area (Å²) in [5.74, 6) is -1.58. The molecule has 0 bridgehead atoms. The monoisotopic (exact) mass is 342 g/mol. The van der Waals surface area contributed by atoms with Gasteiger partial charge in [-0.3, -0.25) is 9.59 Å². The van der Waals surface area contributed by atoms with Gasteiger partial charge in [-0.2, -0.15) is 0 Å². The Morgan fingerprint density at radius 2 is 2.04 bits per heavy atom. The van der Waals surface area contributed by atoms with E-state index in [0.717, 1.165) is 5.39 Å². The first-order valence-corrected chi connectivity index (χ1v) is 7.58. The van der Waals surface area contributed by atoms with Crippen molar-refractivity contribution in [2.45, 2.75) is 13.3 Å². The van der Waals surface area contributed by atoms with E-state index in [4.69, 9.17) is 9.26 Å². The van der Waals surface area contributed by atoms with Crippen LogP contribution in [-0.2, 0) is 20.7 Å². The van der Waals surface area contributed by atoms with Gasteiger partial charge in [-0.25, -0.2) is 4.39 Å². The summed E-state index contributed by atoms with van der Waals surface area (Å²) in [6, 6.07) is 11.5. The molecule has 0 radical (unpaired) electrons. The molecule has 0 aliphatic rings. The summed E-state index contributed by atoms with van der Waals surface area (Å²) >= 11 is 0. The summed E-state index contributed by atoms with van der Waals surface area (Å²) in [5, 5.41) is 7.01. The molecule has 2 aromatic carbocycles. The standard InChI is InChI=1S/C18H15FN2O4/c1-11-6-7-12(8-14(11)19)20-17(22)10-24-18(23)9-15-13-4-2-3-5-16(13)25-21-15/h2-8H,9-10H2,1H3,(H,20,22). The number of hydrogen-bond donors (Lipinski definition) is 1. The van der Waals surface area contributed by atoms with Gasteiger partial charge < -0.3 is 14.6 Å². The zero-order valence-electron chi connectivity index (χ0n) is 13.4. The number of para-hydroxylation sites is 1. The molecule has 7 heteroatoms. The molecule has 1 aromatic heterocycles. The third-order valence-electron chi connectivity index (χ3n) is 3.58. The average molecular weight is 342 g/mol. The molecule has 0 saturated heterocycles. The van der Waals surface area contributed by atoms with Crippen LogP contribution in [0.2, 0.25) is 0 Å². The van der Waals surface area contributed by atoms with Crippen molar-refractivity contribution in [1.82, 2.24) is 5.16 Å². The van der Waals surface area contributed by atoms with Crippen LogP contribution >= 0.6 is 0 Å². The minimum Gasteiger partial charge on any atom is -0.455 e. The van der Waals surface area contributed by atoms with E-state index in [1.807, 2.05) is 6.07 Å². The highest BCUT2D eigenvalue weighted by Crippen LogP contribution is 2.18. The van der Waals surface area contributed by atoms with Crippen molar-refractivity contribution in [3.8, 4) is 0 Å². The van der Waals surface area contributed by atoms with Crippen LogP contribution in [0.5, 0.6) is 0 Å². The molecule has 1 N–H and O–H groups in total. The van der Waals surface area contributed by atoms with Gasteiger partial charge in [-0.15, -0.1) is 0 Å². The second-order valence-corrected chi connectivity index (χ2v) is 5.48. The minimum atomic E-state index is -0.607. The van der Waals surface area contributed by atoms with Gasteiger partial charge in [-0.1, -0.05) is 23.4 Å². The Kier molecular flexibility index (Phi) is 4.74. The Labute approximate surface area is 142 Å². The van der Waals surface area contributed by atoms with Crippen molar-refractivity contribution in [2.75, 3.05) is 11.9 Å². The Morgan fingerprint density at radius 1 is 1.24 bits per heavy atom. The normalized spacial score (nSPS) is 10.6. The number of fused-ring (bicyclic) bond motifs is 1. The fourth-order valence-corrected chi connectivity index (χ4v) is 2.27. The van der Waals surface area contributed by atoms with Gasteiger partial charge in [0.2, 0.25) is 0 Å². The molecule has 1 heterocycles. The maximum atomic E-state index is 13.4. The first-order chi connectivity index (χ1) is 12.0. The van der Waals surface area contributed by atoms with Gasteiger partial charge >= 0.3 is 5.97 Å². The van der Waals surface area contributed by atoms with Crippen LogP contribution in [0.1, 0.15) is 11.3 Å². The lowest BCUT2D eigenvalue weighted by molar-refractivity contribution is -0.146. The first kappa shape index (κ1) is 16.6. The van der Waals surface area contributed by atoms with Crippen molar-refractivity contribution >= 4 is 28.5 Å². The lowest BCUT2D eigenvalue weighted by Gasteiger charge is -2.07. The van der Waals surface area contributed by atoms with Crippen LogP contribution in [0.3, 0.4) is 0 Å². The Morgan fingerprint density at radius 3 is 2.84 bits per heavy atom. The van der Waals surface area contributed by atoms with Crippen molar-refractivity contribution in [3.63, 3.8) is 0 Å². The number of aryl methyl sites for hydroxylation is 1. The van der Waals surface area contributed by atoms with Crippen molar-refractivity contribution in [2.24, 2.45) is 0 Å². The average Bonchev–Trinajstić information content (AvgIpc) is 2.99. The van der Waals surface area contributed by atoms with Crippen LogP contribution in [0.25, 0.3) is 11.0 Å². The maximum Gasteiger partial charge on any atom is 0.312 e. The summed E-state index contributed by atoms with van der Waals surface area (Å²) in [6.07, 6.45) is -0.108. The van der Waals surface area contributed by atoms with Gasteiger partial charge in [0.1, 0.15) is 11.5 Å². The molecule has 0 spiro atoms. The zero-order chi connectivity index (χ0) is 17.8. The van der Waals surface area contributed by atoms with Gasteiger partial charge in [0.05, 0.1) is 6.42 Å². The number of ether oxygens (including phenoxy) is 1. The van der Waals surface area contributed by atoms with Crippen LogP contribution in [0.4, 0.5) is 10.1 Å². The molecule has 3 rings (SSSR count). The fourth-order valence-electron chi connectivity index (χ4n) is 2.27. The topological polar surface area (TPSA) is 81.4 Å². The van der Waals surface area contributed by atoms with Crippen LogP contribution in [0.15, 0.2) is 47.0 Å². The molecular formula is C18H15FN2O4. The zero-order valence-corrected chi connectivity index (χ0v) is 13.4. The van der Waals surface area contributed by atoms with E-state index in [9.17, 15) is 14.0 Å². The second-order valence-electron chi connectivity index (χ2n) is 5.48. The van der Waals surface area contributed by atoms with E-state index in [1.54, 1.807) is 37.3 Å². The van der Waals surface area contributed by atoms with Crippen LogP contribution < -0.4 is 5.32 Å². The Bertz CT molecular complexity index is 936. The van der Waals surface area contributed by atoms with Crippen molar-refractivity contribution in [1.29, 1.82) is 0 Å². The Hall–Kier alpha value is -3.22. The summed E-state index contributed by atoms with van der Waals surface area (Å²) < 4.78 is 23.5. The molecular weight excluding hydrogens is 327 g/mol. The minimum absolute atomic E-state index is 0.108. The molecule has 0 unspecified atom stereocenters. The number of carbonyl (C=O) groups excluding carboxylic acids is 2. The summed E-state index contributed by atoms with van der Waals surface area (Å²) in [4.78, 5) is 23.6. The number of rotatable bonds is 5. The van der Waals surface area contributed by atoms with E-state index in [0.29, 0.717) is 22.5 Å². The molecule has 0 atom stereocenters. The number of halogens is 1. The molecule has 0 fully saturated rings. The van der Waals surface area contributed by atoms with E-state index in [-0.39, 0.29) is 6.42 Å². The summed E-state index contributed by atoms with van der Waals surface area (Å²) in [7, 11) is 0. The Balaban J connectivity index is 1.53. The van der Waals surface area contributed by atoms with Gasteiger partial charge in [0.15, 0.2) is 12.2 Å². The number of esters is 1. The number of amides is 1. The number of aromatic nitrogens is 1. The number of carbonyl (C=O) groups is 2. The van der Waals surface area contributed by atoms with Crippen molar-refractivity contribution < 1.29 is 23.2 Å². The highest BCUT2D eigenvalue weighted by Gasteiger charge is 2.14. The number of nitrogens with zero attached hydrogens (tertiary/aromatic N) is 1. The van der Waals surface area contributed by atoms with E-state index < -0.39 is 24.3 Å². The molecule has 0 aliphatic heterocycles. The van der Waals surface area contributed by atoms with Crippen LogP contribution in [0, 0.1) is 12.7 Å². The lowest BCUT2D eigenvalue weighted by Crippen LogP contribution is -2.21. The van der Waals surface area contributed by atoms with E-state index >= 15 is 0 Å². The largest absolute Gasteiger partial charge is 0.455 e. The number of anilines is 1. The molecule has 128 valence electrons. The molecule has 6 nitrogen and oxygen atoms in total. The predicted octanol–water partition coefficient (Wildman–Crippen LogP) is 3.00. The lowest BCUT2D eigenvalue weighted by atomic mass is 10.2. The third-order valence-corrected chi connectivity index (χ3v) is 3.58. The SMILES string of the molecule is Cc1ccc(NC(=O)COC(=O)Cc2noc3ccccc23)cc1F. The molecule has 0 saturated carbocycles. The fraction of sp³-hybridized carbons (Fsp3) is 0.167. The number of nitrogens with one attached hydrogen (secondary N) is 1. The molecule has 0 aliphatic carbocycles. The van der Waals surface area contributed by atoms with Gasteiger partial charge in [0, 0.05) is 11.1 Å². The van der Waals surface area contributed by atoms with Gasteiger partial charge in [-0.05, 0) is 36.8 Å². The molecule has 3 aromatic rings. The van der Waals surface area contributed by atoms with E-state index in [2.05, 4.69) is 10.5 Å². The smallest absolute Gasteiger partial charge is 0.312 e. The highest BCUT2D eigenvalue weighted by molar-refractivity contribution is 5.93. The van der Waals surface area contributed by atoms with E-state index in [1.165, 1.54) is 6.07 Å². The van der Waals surface area contributed by atoms with Gasteiger partial charge in [0.25, 0.3) is 5.91 Å². The highest BCUT2D eigenvalue weighted by atomic mass is 19.1. The summed E-state index contributed by atoms with van der Waals surface area (Å²) in [6.45, 7) is 1.15. The molecule has 1 amide bonds. The van der Waals surface area contributed by atoms with Crippen LogP contribution in [-0.4, -0.2) is 23.6 Å². The molecule has 25 heavy (non-hydrogen) atoms. The number of benzene rings is 2. The second kappa shape index (κ2) is 7.12. The quantitative estimate of drug-likeness (QED) is 0.721. The number of hydrogen-bond acceptors (Lipinski definition) is 5. The first-order valence-electron chi connectivity index (χ1n) is 7.58. The summed E-state index contributed by atoms with van der Waals surface area (Å²) in [5.41, 5.74) is 1.79. The third kappa shape index (κ3) is 4.00.